The maximum absolute atomic E-state index is 5.06. The standard InChI is InChI=1S/C51H36N4S/c1-5-14-35(15-6-1)36-24-29-42(30-25-36)55(41-20-11-4-12-21-41)43-31-26-37(27-32-43)44-22-13-23-46-45-33-28-40(34-47(45)56-48(44)46)51-53-49(38-16-7-2-8-17-38)52-50(54-51)39-18-9-3-10-19-39/h1-34,49H,(H,52,53,54). The normalized spacial score (nSPS) is 13.9. The Morgan fingerprint density at radius 3 is 1.68 bits per heavy atom. The number of para-hydroxylation sites is 1. The van der Waals surface area contributed by atoms with Crippen molar-refractivity contribution in [3.05, 3.63) is 223 Å². The number of anilines is 3. The Labute approximate surface area is 330 Å². The minimum Gasteiger partial charge on any atom is -0.344 e. The van der Waals surface area contributed by atoms with E-state index < -0.39 is 0 Å². The molecule has 1 aliphatic heterocycles. The summed E-state index contributed by atoms with van der Waals surface area (Å²) in [5, 5.41) is 6.14. The number of thiophene rings is 1. The van der Waals surface area contributed by atoms with Gasteiger partial charge in [-0.25, -0.2) is 9.98 Å². The Balaban J connectivity index is 0.993. The van der Waals surface area contributed by atoms with Gasteiger partial charge in [-0.15, -0.1) is 11.3 Å². The van der Waals surface area contributed by atoms with E-state index in [0.717, 1.165) is 45.4 Å². The van der Waals surface area contributed by atoms with Gasteiger partial charge in [-0.2, -0.15) is 0 Å². The summed E-state index contributed by atoms with van der Waals surface area (Å²) in [7, 11) is 0. The average Bonchev–Trinajstić information content (AvgIpc) is 3.66. The van der Waals surface area contributed by atoms with Crippen molar-refractivity contribution in [2.75, 3.05) is 4.90 Å². The smallest absolute Gasteiger partial charge is 0.159 e. The molecule has 0 saturated carbocycles. The number of nitrogens with zero attached hydrogens (tertiary/aromatic N) is 3. The second-order valence-corrected chi connectivity index (χ2v) is 14.9. The molecule has 1 aliphatic rings. The van der Waals surface area contributed by atoms with E-state index in [9.17, 15) is 0 Å². The SMILES string of the molecule is c1ccc(C2=NC(c3ccccc3)NC(c3ccc4c(c3)sc3c(-c5ccc(N(c6ccccc6)c6ccc(-c7ccccc7)cc6)cc5)cccc34)=N2)cc1. The summed E-state index contributed by atoms with van der Waals surface area (Å²) >= 11 is 1.84. The first-order valence-electron chi connectivity index (χ1n) is 18.9. The summed E-state index contributed by atoms with van der Waals surface area (Å²) in [6, 6.07) is 72.9. The van der Waals surface area contributed by atoms with Gasteiger partial charge in [-0.1, -0.05) is 164 Å². The predicted octanol–water partition coefficient (Wildman–Crippen LogP) is 13.4. The van der Waals surface area contributed by atoms with E-state index in [-0.39, 0.29) is 6.17 Å². The highest BCUT2D eigenvalue weighted by atomic mass is 32.1. The van der Waals surface area contributed by atoms with Crippen LogP contribution in [0.25, 0.3) is 42.4 Å². The van der Waals surface area contributed by atoms with E-state index >= 15 is 0 Å². The first kappa shape index (κ1) is 33.5. The molecule has 1 aromatic heterocycles. The van der Waals surface area contributed by atoms with Gasteiger partial charge in [-0.05, 0) is 70.3 Å². The van der Waals surface area contributed by atoms with Crippen LogP contribution in [0.5, 0.6) is 0 Å². The molecule has 0 radical (unpaired) electrons. The van der Waals surface area contributed by atoms with Crippen LogP contribution in [0.2, 0.25) is 0 Å². The molecule has 8 aromatic carbocycles. The molecule has 1 unspecified atom stereocenters. The zero-order chi connectivity index (χ0) is 37.3. The number of amidine groups is 2. The Morgan fingerprint density at radius 2 is 1.00 bits per heavy atom. The van der Waals surface area contributed by atoms with E-state index in [1.807, 2.05) is 35.6 Å². The van der Waals surface area contributed by atoms with Gasteiger partial charge in [0.15, 0.2) is 5.84 Å². The highest BCUT2D eigenvalue weighted by Gasteiger charge is 2.22. The first-order valence-corrected chi connectivity index (χ1v) is 19.7. The van der Waals surface area contributed by atoms with Crippen LogP contribution >= 0.6 is 11.3 Å². The maximum Gasteiger partial charge on any atom is 0.159 e. The molecule has 0 spiro atoms. The number of aliphatic imine (C=N–C) groups is 2. The van der Waals surface area contributed by atoms with Crippen LogP contribution in [0.15, 0.2) is 216 Å². The lowest BCUT2D eigenvalue weighted by Crippen LogP contribution is -2.33. The molecular formula is C51H36N4S. The zero-order valence-corrected chi connectivity index (χ0v) is 31.3. The predicted molar refractivity (Wildman–Crippen MR) is 237 cm³/mol. The lowest BCUT2D eigenvalue weighted by Gasteiger charge is -2.26. The Hall–Kier alpha value is -7.08. The molecule has 5 heteroatoms. The molecule has 10 rings (SSSR count). The number of fused-ring (bicyclic) bond motifs is 3. The quantitative estimate of drug-likeness (QED) is 0.169. The van der Waals surface area contributed by atoms with Crippen LogP contribution in [0, 0.1) is 0 Å². The summed E-state index contributed by atoms with van der Waals surface area (Å²) in [6.45, 7) is 0. The largest absolute Gasteiger partial charge is 0.344 e. The van der Waals surface area contributed by atoms with Crippen molar-refractivity contribution >= 4 is 60.2 Å². The minimum absolute atomic E-state index is 0.238. The number of nitrogens with one attached hydrogen (secondary N) is 1. The average molecular weight is 737 g/mol. The zero-order valence-electron chi connectivity index (χ0n) is 30.5. The summed E-state index contributed by atoms with van der Waals surface area (Å²) in [6.07, 6.45) is -0.238. The van der Waals surface area contributed by atoms with E-state index in [0.29, 0.717) is 0 Å². The number of benzene rings is 8. The van der Waals surface area contributed by atoms with Crippen molar-refractivity contribution in [1.82, 2.24) is 5.32 Å². The van der Waals surface area contributed by atoms with Crippen LogP contribution < -0.4 is 10.2 Å². The van der Waals surface area contributed by atoms with Crippen molar-refractivity contribution in [2.24, 2.45) is 9.98 Å². The second-order valence-electron chi connectivity index (χ2n) is 13.9. The van der Waals surface area contributed by atoms with Crippen LogP contribution in [0.3, 0.4) is 0 Å². The van der Waals surface area contributed by atoms with E-state index in [1.165, 1.54) is 42.4 Å². The van der Waals surface area contributed by atoms with Gasteiger partial charge in [0.25, 0.3) is 0 Å². The lowest BCUT2D eigenvalue weighted by atomic mass is 10.0. The van der Waals surface area contributed by atoms with Crippen LogP contribution in [-0.2, 0) is 0 Å². The monoisotopic (exact) mass is 736 g/mol. The third kappa shape index (κ3) is 6.44. The molecule has 266 valence electrons. The van der Waals surface area contributed by atoms with Gasteiger partial charge in [0.1, 0.15) is 12.0 Å². The van der Waals surface area contributed by atoms with E-state index in [2.05, 4.69) is 192 Å². The fourth-order valence-corrected chi connectivity index (χ4v) is 8.82. The molecule has 0 saturated heterocycles. The maximum atomic E-state index is 5.06. The third-order valence-corrected chi connectivity index (χ3v) is 11.5. The Bertz CT molecular complexity index is 2850. The molecule has 2 heterocycles. The summed E-state index contributed by atoms with van der Waals surface area (Å²) in [5.41, 5.74) is 11.3. The van der Waals surface area contributed by atoms with Crippen LogP contribution in [0.4, 0.5) is 17.1 Å². The molecule has 56 heavy (non-hydrogen) atoms. The highest BCUT2D eigenvalue weighted by molar-refractivity contribution is 7.26. The van der Waals surface area contributed by atoms with Gasteiger partial charge in [-0.3, -0.25) is 0 Å². The molecule has 4 nitrogen and oxygen atoms in total. The number of hydrogen-bond acceptors (Lipinski definition) is 5. The molecule has 1 atom stereocenters. The van der Waals surface area contributed by atoms with Crippen molar-refractivity contribution in [3.63, 3.8) is 0 Å². The van der Waals surface area contributed by atoms with Gasteiger partial charge in [0.05, 0.1) is 0 Å². The molecule has 0 bridgehead atoms. The molecule has 0 fully saturated rings. The van der Waals surface area contributed by atoms with Gasteiger partial charge >= 0.3 is 0 Å². The first-order chi connectivity index (χ1) is 27.7. The third-order valence-electron chi connectivity index (χ3n) is 10.3. The van der Waals surface area contributed by atoms with Crippen molar-refractivity contribution < 1.29 is 0 Å². The molecule has 1 N–H and O–H groups in total. The number of rotatable bonds is 8. The van der Waals surface area contributed by atoms with E-state index in [1.54, 1.807) is 0 Å². The minimum atomic E-state index is -0.238. The lowest BCUT2D eigenvalue weighted by molar-refractivity contribution is 0.674. The fourth-order valence-electron chi connectivity index (χ4n) is 7.54. The van der Waals surface area contributed by atoms with Gasteiger partial charge in [0.2, 0.25) is 0 Å². The van der Waals surface area contributed by atoms with Crippen molar-refractivity contribution in [1.29, 1.82) is 0 Å². The summed E-state index contributed by atoms with van der Waals surface area (Å²) in [4.78, 5) is 12.4. The van der Waals surface area contributed by atoms with Gasteiger partial charge < -0.3 is 10.2 Å². The van der Waals surface area contributed by atoms with Crippen LogP contribution in [0.1, 0.15) is 22.9 Å². The Kier molecular flexibility index (Phi) is 8.75. The molecule has 0 aliphatic carbocycles. The van der Waals surface area contributed by atoms with Crippen molar-refractivity contribution in [2.45, 2.75) is 6.17 Å². The van der Waals surface area contributed by atoms with Gasteiger partial charge in [0, 0.05) is 48.4 Å². The topological polar surface area (TPSA) is 40.0 Å². The van der Waals surface area contributed by atoms with E-state index in [4.69, 9.17) is 9.98 Å². The highest BCUT2D eigenvalue weighted by Crippen LogP contribution is 2.42. The number of hydrogen-bond donors (Lipinski definition) is 1. The van der Waals surface area contributed by atoms with Crippen LogP contribution in [-0.4, -0.2) is 11.7 Å². The van der Waals surface area contributed by atoms with Crippen molar-refractivity contribution in [3.8, 4) is 22.3 Å². The Morgan fingerprint density at radius 1 is 0.446 bits per heavy atom. The fraction of sp³-hybridized carbons (Fsp3) is 0.0196. The molecular weight excluding hydrogens is 701 g/mol. The molecule has 0 amide bonds. The molecule has 9 aromatic rings. The summed E-state index contributed by atoms with van der Waals surface area (Å²) < 4.78 is 2.50. The summed E-state index contributed by atoms with van der Waals surface area (Å²) in [5.74, 6) is 1.55. The second kappa shape index (κ2) is 14.6.